The molecule has 0 unspecified atom stereocenters. The van der Waals surface area contributed by atoms with E-state index in [9.17, 15) is 0 Å². The molecule has 0 radical (unpaired) electrons. The van der Waals surface area contributed by atoms with Crippen LogP contribution in [-0.4, -0.2) is 21.5 Å². The number of rotatable bonds is 12. The van der Waals surface area contributed by atoms with E-state index in [0.29, 0.717) is 11.9 Å². The number of anilines is 4. The van der Waals surface area contributed by atoms with Gasteiger partial charge < -0.3 is 16.4 Å². The Labute approximate surface area is 157 Å². The summed E-state index contributed by atoms with van der Waals surface area (Å²) in [5.74, 6) is 1.20. The zero-order chi connectivity index (χ0) is 18.6. The van der Waals surface area contributed by atoms with Crippen LogP contribution in [0, 0.1) is 6.92 Å². The molecule has 0 bridgehead atoms. The maximum atomic E-state index is 5.80. The third-order valence-corrected chi connectivity index (χ3v) is 4.27. The van der Waals surface area contributed by atoms with E-state index in [1.165, 1.54) is 50.5 Å². The molecule has 0 aliphatic rings. The third kappa shape index (κ3) is 7.68. The molecule has 6 nitrogen and oxygen atoms in total. The standard InChI is InChI=1S/C20H32N6/c1-3-4-5-6-7-8-9-10-15-22-19-24-18(21)25-20(26-19)23-17-13-11-16(2)12-14-17/h11-14H,3-10,15H2,1-2H3,(H4,21,22,23,24,25,26). The Balaban J connectivity index is 1.72. The minimum absolute atomic E-state index is 0.216. The number of benzene rings is 1. The molecular weight excluding hydrogens is 324 g/mol. The second-order valence-corrected chi connectivity index (χ2v) is 6.73. The Morgan fingerprint density at radius 3 is 2.12 bits per heavy atom. The Hall–Kier alpha value is -2.37. The summed E-state index contributed by atoms with van der Waals surface area (Å²) >= 11 is 0. The molecular formula is C20H32N6. The van der Waals surface area contributed by atoms with E-state index in [1.807, 2.05) is 24.3 Å². The number of hydrogen-bond acceptors (Lipinski definition) is 6. The van der Waals surface area contributed by atoms with Gasteiger partial charge in [0.1, 0.15) is 0 Å². The first-order valence-corrected chi connectivity index (χ1v) is 9.76. The lowest BCUT2D eigenvalue weighted by molar-refractivity contribution is 0.581. The highest BCUT2D eigenvalue weighted by Crippen LogP contribution is 2.15. The summed E-state index contributed by atoms with van der Waals surface area (Å²) in [7, 11) is 0. The highest BCUT2D eigenvalue weighted by atomic mass is 15.2. The van der Waals surface area contributed by atoms with Crippen LogP contribution >= 0.6 is 0 Å². The van der Waals surface area contributed by atoms with Gasteiger partial charge in [0.25, 0.3) is 0 Å². The Morgan fingerprint density at radius 1 is 0.808 bits per heavy atom. The molecule has 4 N–H and O–H groups in total. The maximum absolute atomic E-state index is 5.80. The molecule has 0 aliphatic heterocycles. The minimum Gasteiger partial charge on any atom is -0.368 e. The van der Waals surface area contributed by atoms with E-state index in [2.05, 4.69) is 39.4 Å². The molecule has 0 atom stereocenters. The number of aromatic nitrogens is 3. The van der Waals surface area contributed by atoms with Crippen molar-refractivity contribution in [1.82, 2.24) is 15.0 Å². The minimum atomic E-state index is 0.216. The van der Waals surface area contributed by atoms with E-state index in [-0.39, 0.29) is 5.95 Å². The van der Waals surface area contributed by atoms with E-state index < -0.39 is 0 Å². The average Bonchev–Trinajstić information content (AvgIpc) is 2.62. The predicted octanol–water partition coefficient (Wildman–Crippen LogP) is 5.06. The molecule has 1 heterocycles. The molecule has 0 saturated carbocycles. The van der Waals surface area contributed by atoms with Gasteiger partial charge in [-0.1, -0.05) is 69.6 Å². The van der Waals surface area contributed by atoms with E-state index >= 15 is 0 Å². The number of nitrogen functional groups attached to an aromatic ring is 1. The van der Waals surface area contributed by atoms with Crippen LogP contribution in [-0.2, 0) is 0 Å². The molecule has 26 heavy (non-hydrogen) atoms. The Kier molecular flexibility index (Phi) is 8.66. The summed E-state index contributed by atoms with van der Waals surface area (Å²) in [6.45, 7) is 5.15. The van der Waals surface area contributed by atoms with Crippen LogP contribution < -0.4 is 16.4 Å². The van der Waals surface area contributed by atoms with Crippen molar-refractivity contribution in [3.8, 4) is 0 Å². The summed E-state index contributed by atoms with van der Waals surface area (Å²) in [6.07, 6.45) is 10.4. The molecule has 1 aromatic heterocycles. The monoisotopic (exact) mass is 356 g/mol. The van der Waals surface area contributed by atoms with Gasteiger partial charge >= 0.3 is 0 Å². The summed E-state index contributed by atoms with van der Waals surface area (Å²) in [5.41, 5.74) is 7.94. The first-order chi connectivity index (χ1) is 12.7. The zero-order valence-corrected chi connectivity index (χ0v) is 16.1. The number of aryl methyl sites for hydroxylation is 1. The number of hydrogen-bond donors (Lipinski definition) is 3. The zero-order valence-electron chi connectivity index (χ0n) is 16.1. The topological polar surface area (TPSA) is 88.8 Å². The van der Waals surface area contributed by atoms with Crippen LogP contribution in [0.3, 0.4) is 0 Å². The first kappa shape index (κ1) is 19.9. The normalized spacial score (nSPS) is 10.7. The second kappa shape index (κ2) is 11.3. The summed E-state index contributed by atoms with van der Waals surface area (Å²) in [4.78, 5) is 12.7. The molecule has 142 valence electrons. The van der Waals surface area contributed by atoms with Gasteiger partial charge in [0.15, 0.2) is 0 Å². The van der Waals surface area contributed by atoms with Gasteiger partial charge in [-0.15, -0.1) is 0 Å². The van der Waals surface area contributed by atoms with Gasteiger partial charge in [0, 0.05) is 12.2 Å². The molecule has 0 spiro atoms. The van der Waals surface area contributed by atoms with Crippen LogP contribution in [0.4, 0.5) is 23.5 Å². The van der Waals surface area contributed by atoms with Gasteiger partial charge in [-0.3, -0.25) is 0 Å². The van der Waals surface area contributed by atoms with Crippen molar-refractivity contribution in [2.24, 2.45) is 0 Å². The molecule has 2 aromatic rings. The fourth-order valence-electron chi connectivity index (χ4n) is 2.75. The molecule has 0 saturated heterocycles. The Bertz CT molecular complexity index is 641. The quantitative estimate of drug-likeness (QED) is 0.461. The van der Waals surface area contributed by atoms with Gasteiger partial charge in [-0.2, -0.15) is 15.0 Å². The average molecular weight is 357 g/mol. The van der Waals surface area contributed by atoms with Crippen LogP contribution in [0.15, 0.2) is 24.3 Å². The van der Waals surface area contributed by atoms with Gasteiger partial charge in [0.05, 0.1) is 0 Å². The molecule has 2 rings (SSSR count). The summed E-state index contributed by atoms with van der Waals surface area (Å²) in [6, 6.07) is 8.05. The Morgan fingerprint density at radius 2 is 1.42 bits per heavy atom. The fraction of sp³-hybridized carbons (Fsp3) is 0.550. The van der Waals surface area contributed by atoms with Gasteiger partial charge in [0.2, 0.25) is 17.8 Å². The van der Waals surface area contributed by atoms with E-state index in [1.54, 1.807) is 0 Å². The number of unbranched alkanes of at least 4 members (excludes halogenated alkanes) is 7. The molecule has 0 fully saturated rings. The highest BCUT2D eigenvalue weighted by molar-refractivity contribution is 5.55. The predicted molar refractivity (Wildman–Crippen MR) is 110 cm³/mol. The smallest absolute Gasteiger partial charge is 0.233 e. The van der Waals surface area contributed by atoms with E-state index in [0.717, 1.165) is 18.7 Å². The molecule has 0 aliphatic carbocycles. The fourth-order valence-corrected chi connectivity index (χ4v) is 2.75. The van der Waals surface area contributed by atoms with Gasteiger partial charge in [-0.05, 0) is 25.5 Å². The van der Waals surface area contributed by atoms with Crippen molar-refractivity contribution < 1.29 is 0 Å². The van der Waals surface area contributed by atoms with Crippen LogP contribution in [0.25, 0.3) is 0 Å². The van der Waals surface area contributed by atoms with Crippen molar-refractivity contribution in [3.05, 3.63) is 29.8 Å². The number of nitrogens with one attached hydrogen (secondary N) is 2. The van der Waals surface area contributed by atoms with Crippen molar-refractivity contribution in [1.29, 1.82) is 0 Å². The molecule has 1 aromatic carbocycles. The summed E-state index contributed by atoms with van der Waals surface area (Å²) < 4.78 is 0. The lowest BCUT2D eigenvalue weighted by Gasteiger charge is -2.09. The molecule has 6 heteroatoms. The van der Waals surface area contributed by atoms with Crippen molar-refractivity contribution in [2.75, 3.05) is 22.9 Å². The number of nitrogens with zero attached hydrogens (tertiary/aromatic N) is 3. The van der Waals surface area contributed by atoms with Gasteiger partial charge in [-0.25, -0.2) is 0 Å². The SMILES string of the molecule is CCCCCCCCCCNc1nc(N)nc(Nc2ccc(C)cc2)n1. The lowest BCUT2D eigenvalue weighted by atomic mass is 10.1. The van der Waals surface area contributed by atoms with Crippen molar-refractivity contribution in [2.45, 2.75) is 65.2 Å². The van der Waals surface area contributed by atoms with Crippen molar-refractivity contribution >= 4 is 23.5 Å². The highest BCUT2D eigenvalue weighted by Gasteiger charge is 2.04. The third-order valence-electron chi connectivity index (χ3n) is 4.27. The van der Waals surface area contributed by atoms with E-state index in [4.69, 9.17) is 5.73 Å². The maximum Gasteiger partial charge on any atom is 0.233 e. The van der Waals surface area contributed by atoms with Crippen LogP contribution in [0.1, 0.15) is 63.9 Å². The lowest BCUT2D eigenvalue weighted by Crippen LogP contribution is -2.10. The second-order valence-electron chi connectivity index (χ2n) is 6.73. The largest absolute Gasteiger partial charge is 0.368 e. The number of nitrogens with two attached hydrogens (primary N) is 1. The summed E-state index contributed by atoms with van der Waals surface area (Å²) in [5, 5.41) is 6.41. The molecule has 0 amide bonds. The van der Waals surface area contributed by atoms with Crippen molar-refractivity contribution in [3.63, 3.8) is 0 Å². The van der Waals surface area contributed by atoms with Crippen LogP contribution in [0.5, 0.6) is 0 Å². The van der Waals surface area contributed by atoms with Crippen LogP contribution in [0.2, 0.25) is 0 Å². The first-order valence-electron chi connectivity index (χ1n) is 9.76.